The highest BCUT2D eigenvalue weighted by Gasteiger charge is 2.28. The second-order valence-electron chi connectivity index (χ2n) is 8.59. The van der Waals surface area contributed by atoms with Gasteiger partial charge in [-0.15, -0.1) is 0 Å². The summed E-state index contributed by atoms with van der Waals surface area (Å²) in [4.78, 5) is 17.7. The van der Waals surface area contributed by atoms with E-state index in [0.29, 0.717) is 28.0 Å². The molecule has 10 heteroatoms. The van der Waals surface area contributed by atoms with Crippen LogP contribution in [0.3, 0.4) is 0 Å². The lowest BCUT2D eigenvalue weighted by atomic mass is 9.95. The molecule has 1 aliphatic carbocycles. The minimum atomic E-state index is -0.200. The summed E-state index contributed by atoms with van der Waals surface area (Å²) in [7, 11) is 0. The molecule has 1 aliphatic rings. The molecular formula is C25H23BrCl2N6O. The van der Waals surface area contributed by atoms with Crippen LogP contribution in [-0.2, 0) is 6.54 Å². The summed E-state index contributed by atoms with van der Waals surface area (Å²) in [6.45, 7) is 0.323. The molecular weight excluding hydrogens is 551 g/mol. The van der Waals surface area contributed by atoms with Gasteiger partial charge < -0.3 is 5.32 Å². The van der Waals surface area contributed by atoms with Crippen molar-refractivity contribution in [3.8, 4) is 16.9 Å². The summed E-state index contributed by atoms with van der Waals surface area (Å²) < 4.78 is 4.36. The van der Waals surface area contributed by atoms with Crippen LogP contribution in [0.25, 0.3) is 16.9 Å². The Hall–Kier alpha value is -2.68. The molecule has 0 bridgehead atoms. The first-order valence-electron chi connectivity index (χ1n) is 11.5. The second-order valence-corrected chi connectivity index (χ2v) is 10.4. The Morgan fingerprint density at radius 3 is 2.54 bits per heavy atom. The third-order valence-electron chi connectivity index (χ3n) is 6.18. The molecule has 0 unspecified atom stereocenters. The van der Waals surface area contributed by atoms with Crippen LogP contribution in [0.15, 0.2) is 59.6 Å². The second kappa shape index (κ2) is 10.5. The first-order valence-corrected chi connectivity index (χ1v) is 13.0. The van der Waals surface area contributed by atoms with Gasteiger partial charge in [0.2, 0.25) is 0 Å². The van der Waals surface area contributed by atoms with E-state index in [1.54, 1.807) is 27.8 Å². The average molecular weight is 574 g/mol. The van der Waals surface area contributed by atoms with Crippen molar-refractivity contribution in [1.82, 2.24) is 29.9 Å². The van der Waals surface area contributed by atoms with Gasteiger partial charge in [0.25, 0.3) is 5.91 Å². The molecule has 1 saturated carbocycles. The van der Waals surface area contributed by atoms with Crippen molar-refractivity contribution in [3.05, 3.63) is 80.9 Å². The van der Waals surface area contributed by atoms with Gasteiger partial charge >= 0.3 is 0 Å². The molecule has 0 aliphatic heterocycles. The van der Waals surface area contributed by atoms with E-state index < -0.39 is 0 Å². The Balaban J connectivity index is 1.69. The van der Waals surface area contributed by atoms with Crippen molar-refractivity contribution >= 4 is 45.0 Å². The zero-order valence-corrected chi connectivity index (χ0v) is 21.9. The van der Waals surface area contributed by atoms with Crippen molar-refractivity contribution in [2.24, 2.45) is 0 Å². The Morgan fingerprint density at radius 2 is 1.86 bits per heavy atom. The molecule has 180 valence electrons. The van der Waals surface area contributed by atoms with Crippen LogP contribution in [-0.4, -0.2) is 36.5 Å². The normalized spacial score (nSPS) is 14.3. The Bertz CT molecular complexity index is 1330. The lowest BCUT2D eigenvalue weighted by Crippen LogP contribution is -2.37. The molecule has 0 spiro atoms. The van der Waals surface area contributed by atoms with Gasteiger partial charge in [0.15, 0.2) is 5.69 Å². The summed E-state index contributed by atoms with van der Waals surface area (Å²) in [5.41, 5.74) is 3.35. The number of rotatable bonds is 6. The number of amides is 1. The standard InChI is InChI=1S/C25H23BrCl2N6O/c26-17-8-6-16(7-9-17)24-20(13-33-15-29-14-30-33)23(25(35)31-19-4-2-1-3-5-19)32-34(24)22-11-10-18(27)12-21(22)28/h6-12,14-15,19H,1-5,13H2,(H,31,35). The van der Waals surface area contributed by atoms with Gasteiger partial charge in [-0.1, -0.05) is 70.5 Å². The highest BCUT2D eigenvalue weighted by Crippen LogP contribution is 2.34. The van der Waals surface area contributed by atoms with Gasteiger partial charge in [-0.3, -0.25) is 4.79 Å². The van der Waals surface area contributed by atoms with Crippen LogP contribution >= 0.6 is 39.1 Å². The van der Waals surface area contributed by atoms with Crippen molar-refractivity contribution in [3.63, 3.8) is 0 Å². The van der Waals surface area contributed by atoms with Crippen LogP contribution in [0.4, 0.5) is 0 Å². The van der Waals surface area contributed by atoms with Gasteiger partial charge in [-0.05, 0) is 43.2 Å². The molecule has 35 heavy (non-hydrogen) atoms. The predicted molar refractivity (Wildman–Crippen MR) is 140 cm³/mol. The van der Waals surface area contributed by atoms with Crippen LogP contribution in [0.2, 0.25) is 10.0 Å². The van der Waals surface area contributed by atoms with Crippen LogP contribution in [0.1, 0.15) is 48.2 Å². The van der Waals surface area contributed by atoms with E-state index in [1.165, 1.54) is 12.7 Å². The van der Waals surface area contributed by atoms with E-state index in [9.17, 15) is 4.79 Å². The van der Waals surface area contributed by atoms with Crippen molar-refractivity contribution in [1.29, 1.82) is 0 Å². The Morgan fingerprint density at radius 1 is 1.09 bits per heavy atom. The molecule has 5 rings (SSSR count). The SMILES string of the molecule is O=C(NC1CCCCC1)c1nn(-c2ccc(Cl)cc2Cl)c(-c2ccc(Br)cc2)c1Cn1cncn1. The maximum atomic E-state index is 13.6. The number of carbonyl (C=O) groups is 1. The first kappa shape index (κ1) is 24.0. The molecule has 0 atom stereocenters. The summed E-state index contributed by atoms with van der Waals surface area (Å²) in [5.74, 6) is -0.200. The molecule has 7 nitrogen and oxygen atoms in total. The van der Waals surface area contributed by atoms with Crippen molar-refractivity contribution in [2.45, 2.75) is 44.7 Å². The van der Waals surface area contributed by atoms with Crippen molar-refractivity contribution < 1.29 is 4.79 Å². The lowest BCUT2D eigenvalue weighted by Gasteiger charge is -2.22. The van der Waals surface area contributed by atoms with Crippen LogP contribution < -0.4 is 5.32 Å². The largest absolute Gasteiger partial charge is 0.348 e. The van der Waals surface area contributed by atoms with Gasteiger partial charge in [0.1, 0.15) is 12.7 Å². The molecule has 2 aromatic carbocycles. The van der Waals surface area contributed by atoms with Crippen LogP contribution in [0.5, 0.6) is 0 Å². The van der Waals surface area contributed by atoms with E-state index in [1.807, 2.05) is 30.3 Å². The number of benzene rings is 2. The highest BCUT2D eigenvalue weighted by atomic mass is 79.9. The van der Waals surface area contributed by atoms with Gasteiger partial charge in [0, 0.05) is 26.7 Å². The number of nitrogens with zero attached hydrogens (tertiary/aromatic N) is 5. The fourth-order valence-corrected chi connectivity index (χ4v) is 5.24. The molecule has 4 aromatic rings. The van der Waals surface area contributed by atoms with E-state index in [4.69, 9.17) is 28.3 Å². The third kappa shape index (κ3) is 5.29. The van der Waals surface area contributed by atoms with Crippen LogP contribution in [0, 0.1) is 0 Å². The van der Waals surface area contributed by atoms with Gasteiger partial charge in [-0.2, -0.15) is 10.2 Å². The summed E-state index contributed by atoms with van der Waals surface area (Å²) >= 11 is 16.3. The molecule has 1 N–H and O–H groups in total. The monoisotopic (exact) mass is 572 g/mol. The zero-order chi connectivity index (χ0) is 24.4. The van der Waals surface area contributed by atoms with Gasteiger partial charge in [-0.25, -0.2) is 14.3 Å². The summed E-state index contributed by atoms with van der Waals surface area (Å²) in [6, 6.07) is 13.3. The molecule has 2 heterocycles. The predicted octanol–water partition coefficient (Wildman–Crippen LogP) is 6.31. The minimum absolute atomic E-state index is 0.149. The fraction of sp³-hybridized carbons (Fsp3) is 0.280. The quantitative estimate of drug-likeness (QED) is 0.293. The highest BCUT2D eigenvalue weighted by molar-refractivity contribution is 9.10. The molecule has 0 radical (unpaired) electrons. The topological polar surface area (TPSA) is 77.6 Å². The first-order chi connectivity index (χ1) is 17.0. The molecule has 2 aromatic heterocycles. The Labute approximate surface area is 221 Å². The maximum Gasteiger partial charge on any atom is 0.272 e. The lowest BCUT2D eigenvalue weighted by molar-refractivity contribution is 0.0921. The number of halogens is 3. The number of nitrogens with one attached hydrogen (secondary N) is 1. The maximum absolute atomic E-state index is 13.6. The number of carbonyl (C=O) groups excluding carboxylic acids is 1. The molecule has 0 saturated heterocycles. The van der Waals surface area contributed by atoms with E-state index in [-0.39, 0.29) is 11.9 Å². The smallest absolute Gasteiger partial charge is 0.272 e. The molecule has 1 amide bonds. The summed E-state index contributed by atoms with van der Waals surface area (Å²) in [6.07, 6.45) is 8.51. The third-order valence-corrected chi connectivity index (χ3v) is 7.25. The van der Waals surface area contributed by atoms with E-state index in [0.717, 1.165) is 47.0 Å². The van der Waals surface area contributed by atoms with Crippen molar-refractivity contribution in [2.75, 3.05) is 0 Å². The zero-order valence-electron chi connectivity index (χ0n) is 18.8. The summed E-state index contributed by atoms with van der Waals surface area (Å²) in [5, 5.41) is 13.3. The molecule has 1 fully saturated rings. The number of aromatic nitrogens is 5. The fourth-order valence-electron chi connectivity index (χ4n) is 4.49. The van der Waals surface area contributed by atoms with E-state index >= 15 is 0 Å². The Kier molecular flexibility index (Phi) is 7.22. The average Bonchev–Trinajstić information content (AvgIpc) is 3.49. The number of hydrogen-bond donors (Lipinski definition) is 1. The number of hydrogen-bond acceptors (Lipinski definition) is 4. The van der Waals surface area contributed by atoms with E-state index in [2.05, 4.69) is 31.3 Å². The minimum Gasteiger partial charge on any atom is -0.348 e. The van der Waals surface area contributed by atoms with Gasteiger partial charge in [0.05, 0.1) is 22.9 Å².